The molecule has 1 aliphatic heterocycles. The molecule has 1 saturated heterocycles. The normalized spacial score (nSPS) is 46.1. The summed E-state index contributed by atoms with van der Waals surface area (Å²) in [4.78, 5) is 32.1. The Morgan fingerprint density at radius 2 is 1.89 bits per heavy atom. The summed E-state index contributed by atoms with van der Waals surface area (Å²) in [6.07, 6.45) is 0.890. The number of rotatable bonds is 3. The molecule has 4 aliphatic carbocycles. The van der Waals surface area contributed by atoms with Crippen molar-refractivity contribution in [1.82, 2.24) is 0 Å². The lowest BCUT2D eigenvalue weighted by Crippen LogP contribution is -2.70. The molecule has 0 unspecified atom stereocenters. The Balaban J connectivity index is 1.44. The number of Topliss-reactive ketones (excluding diaryl/α,β-unsaturated/α-hetero) is 1. The van der Waals surface area contributed by atoms with Gasteiger partial charge in [0.05, 0.1) is 18.3 Å². The van der Waals surface area contributed by atoms with Crippen molar-refractivity contribution in [3.8, 4) is 0 Å². The summed E-state index contributed by atoms with van der Waals surface area (Å²) in [5.41, 5.74) is -4.30. The van der Waals surface area contributed by atoms with Gasteiger partial charge in [-0.15, -0.1) is 0 Å². The Labute approximate surface area is 214 Å². The highest BCUT2D eigenvalue weighted by molar-refractivity contribution is 6.01. The summed E-state index contributed by atoms with van der Waals surface area (Å²) in [5, 5.41) is 23.3. The second-order valence-corrected chi connectivity index (χ2v) is 12.1. The lowest BCUT2D eigenvalue weighted by molar-refractivity contribution is -0.228. The number of hydrogen-bond donors (Lipinski definition) is 2. The first kappa shape index (κ1) is 24.9. The Hall–Kier alpha value is -2.42. The number of aliphatic hydroxyl groups excluding tert-OH is 2. The Morgan fingerprint density at radius 1 is 1.19 bits per heavy atom. The molecule has 6 rings (SSSR count). The third kappa shape index (κ3) is 2.89. The SMILES string of the molecule is Cc1ccc(N2C[C@@H]3C[C@H]4[C@@H]5C[C@H](F)C6=CC(=O)C=C[C@]6(C)[C@@]5(F)[C@@H](O)C[C@]4(C)[C@]3(C(=O)CO)O2)cc1. The minimum atomic E-state index is -2.22. The van der Waals surface area contributed by atoms with Gasteiger partial charge >= 0.3 is 0 Å². The third-order valence-corrected chi connectivity index (χ3v) is 10.5. The Kier molecular flexibility index (Phi) is 5.25. The smallest absolute Gasteiger partial charge is 0.193 e. The highest BCUT2D eigenvalue weighted by atomic mass is 19.1. The van der Waals surface area contributed by atoms with Crippen molar-refractivity contribution in [3.63, 3.8) is 0 Å². The van der Waals surface area contributed by atoms with Crippen molar-refractivity contribution in [3.05, 3.63) is 53.6 Å². The van der Waals surface area contributed by atoms with Gasteiger partial charge < -0.3 is 10.2 Å². The number of allylic oxidation sites excluding steroid dienone is 4. The van der Waals surface area contributed by atoms with Crippen LogP contribution >= 0.6 is 0 Å². The van der Waals surface area contributed by atoms with Crippen LogP contribution in [0.25, 0.3) is 0 Å². The van der Waals surface area contributed by atoms with E-state index in [1.54, 1.807) is 12.0 Å². The average molecular weight is 514 g/mol. The summed E-state index contributed by atoms with van der Waals surface area (Å²) in [6, 6.07) is 7.68. The Bertz CT molecular complexity index is 1230. The standard InChI is InChI=1S/C29H33F2NO5/c1-16-4-6-18(7-5-16)32-14-17-10-20-21-12-23(30)22-11-19(34)8-9-26(22,2)28(21,31)24(35)13-27(20,3)29(17,37-32)25(36)15-33/h4-9,11,17,20-21,23-24,33,35H,10,12-15H2,1-3H3/t17-,20-,21-,23-,24-,26-,27-,28-,29-/m0/s1. The van der Waals surface area contributed by atoms with Crippen molar-refractivity contribution in [1.29, 1.82) is 0 Å². The number of halogens is 2. The van der Waals surface area contributed by atoms with Crippen LogP contribution in [0.3, 0.4) is 0 Å². The quantitative estimate of drug-likeness (QED) is 0.643. The zero-order chi connectivity index (χ0) is 26.5. The molecule has 1 heterocycles. The fourth-order valence-corrected chi connectivity index (χ4v) is 8.73. The molecule has 0 aromatic heterocycles. The van der Waals surface area contributed by atoms with E-state index in [0.717, 1.165) is 11.3 Å². The van der Waals surface area contributed by atoms with Crippen LogP contribution in [0, 0.1) is 35.5 Å². The van der Waals surface area contributed by atoms with Crippen molar-refractivity contribution in [2.75, 3.05) is 18.2 Å². The van der Waals surface area contributed by atoms with E-state index in [0.29, 0.717) is 13.0 Å². The second kappa shape index (κ2) is 7.80. The molecule has 0 spiro atoms. The van der Waals surface area contributed by atoms with E-state index in [2.05, 4.69) is 0 Å². The minimum Gasteiger partial charge on any atom is -0.390 e. The van der Waals surface area contributed by atoms with Crippen LogP contribution < -0.4 is 5.06 Å². The van der Waals surface area contributed by atoms with Crippen LogP contribution in [-0.4, -0.2) is 58.5 Å². The number of aliphatic hydroxyl groups is 2. The molecule has 2 N–H and O–H groups in total. The largest absolute Gasteiger partial charge is 0.390 e. The van der Waals surface area contributed by atoms with Gasteiger partial charge in [0.25, 0.3) is 0 Å². The molecule has 37 heavy (non-hydrogen) atoms. The van der Waals surface area contributed by atoms with Crippen molar-refractivity contribution >= 4 is 17.3 Å². The van der Waals surface area contributed by atoms with Gasteiger partial charge in [-0.2, -0.15) is 0 Å². The van der Waals surface area contributed by atoms with Crippen LogP contribution in [0.4, 0.5) is 14.5 Å². The van der Waals surface area contributed by atoms with Gasteiger partial charge in [-0.05, 0) is 68.9 Å². The summed E-state index contributed by atoms with van der Waals surface area (Å²) < 4.78 is 33.1. The first-order chi connectivity index (χ1) is 17.4. The summed E-state index contributed by atoms with van der Waals surface area (Å²) in [7, 11) is 0. The van der Waals surface area contributed by atoms with Gasteiger partial charge in [0.15, 0.2) is 22.8 Å². The van der Waals surface area contributed by atoms with Gasteiger partial charge in [0.1, 0.15) is 12.8 Å². The minimum absolute atomic E-state index is 0.0718. The topological polar surface area (TPSA) is 87.1 Å². The predicted octanol–water partition coefficient (Wildman–Crippen LogP) is 3.59. The lowest BCUT2D eigenvalue weighted by Gasteiger charge is -2.63. The maximum Gasteiger partial charge on any atom is 0.193 e. The van der Waals surface area contributed by atoms with Crippen LogP contribution in [0.5, 0.6) is 0 Å². The lowest BCUT2D eigenvalue weighted by atomic mass is 9.44. The number of carbonyl (C=O) groups excluding carboxylic acids is 2. The molecule has 9 atom stereocenters. The highest BCUT2D eigenvalue weighted by Gasteiger charge is 2.79. The third-order valence-electron chi connectivity index (χ3n) is 10.5. The van der Waals surface area contributed by atoms with Crippen molar-refractivity contribution in [2.24, 2.45) is 28.6 Å². The highest BCUT2D eigenvalue weighted by Crippen LogP contribution is 2.72. The molecular formula is C29H33F2NO5. The maximum absolute atomic E-state index is 17.4. The number of benzene rings is 1. The number of hydrogen-bond acceptors (Lipinski definition) is 6. The molecule has 1 aromatic rings. The average Bonchev–Trinajstić information content (AvgIpc) is 3.36. The molecule has 4 fully saturated rings. The van der Waals surface area contributed by atoms with E-state index in [9.17, 15) is 19.8 Å². The van der Waals surface area contributed by atoms with E-state index >= 15 is 8.78 Å². The molecule has 0 bridgehead atoms. The van der Waals surface area contributed by atoms with Gasteiger partial charge in [0, 0.05) is 22.7 Å². The van der Waals surface area contributed by atoms with Gasteiger partial charge in [-0.25, -0.2) is 8.78 Å². The summed E-state index contributed by atoms with van der Waals surface area (Å²) in [5.74, 6) is -2.63. The number of hydroxylamine groups is 1. The van der Waals surface area contributed by atoms with Crippen molar-refractivity contribution in [2.45, 2.75) is 63.6 Å². The van der Waals surface area contributed by atoms with Crippen LogP contribution in [0.1, 0.15) is 38.7 Å². The molecule has 1 aromatic carbocycles. The maximum atomic E-state index is 17.4. The van der Waals surface area contributed by atoms with Gasteiger partial charge in [0.2, 0.25) is 0 Å². The molecule has 0 radical (unpaired) electrons. The molecule has 8 heteroatoms. The van der Waals surface area contributed by atoms with E-state index in [1.807, 2.05) is 38.1 Å². The number of aryl methyl sites for hydroxylation is 1. The number of anilines is 1. The molecule has 198 valence electrons. The summed E-state index contributed by atoms with van der Waals surface area (Å²) >= 11 is 0. The zero-order valence-corrected chi connectivity index (χ0v) is 21.3. The van der Waals surface area contributed by atoms with Crippen molar-refractivity contribution < 1.29 is 33.4 Å². The number of fused-ring (bicyclic) bond motifs is 7. The number of carbonyl (C=O) groups is 2. The fraction of sp³-hybridized carbons (Fsp3) is 0.586. The molecule has 6 nitrogen and oxygen atoms in total. The number of nitrogens with zero attached hydrogens (tertiary/aromatic N) is 1. The van der Waals surface area contributed by atoms with E-state index in [4.69, 9.17) is 4.84 Å². The first-order valence-corrected chi connectivity index (χ1v) is 13.1. The first-order valence-electron chi connectivity index (χ1n) is 13.1. The fourth-order valence-electron chi connectivity index (χ4n) is 8.73. The van der Waals surface area contributed by atoms with E-state index in [-0.39, 0.29) is 30.1 Å². The number of alkyl halides is 2. The zero-order valence-electron chi connectivity index (χ0n) is 21.3. The molecule has 0 amide bonds. The van der Waals surface area contributed by atoms with E-state index in [1.165, 1.54) is 18.2 Å². The van der Waals surface area contributed by atoms with Gasteiger partial charge in [-0.3, -0.25) is 19.5 Å². The van der Waals surface area contributed by atoms with Crippen LogP contribution in [0.15, 0.2) is 48.1 Å². The number of ketones is 2. The summed E-state index contributed by atoms with van der Waals surface area (Å²) in [6.45, 7) is 4.97. The predicted molar refractivity (Wildman–Crippen MR) is 132 cm³/mol. The van der Waals surface area contributed by atoms with E-state index < -0.39 is 58.6 Å². The van der Waals surface area contributed by atoms with Crippen LogP contribution in [0.2, 0.25) is 0 Å². The Morgan fingerprint density at radius 3 is 2.57 bits per heavy atom. The van der Waals surface area contributed by atoms with Gasteiger partial charge in [-0.1, -0.05) is 30.7 Å². The molecule has 5 aliphatic rings. The molecular weight excluding hydrogens is 480 g/mol. The van der Waals surface area contributed by atoms with Crippen LogP contribution in [-0.2, 0) is 14.4 Å². The second-order valence-electron chi connectivity index (χ2n) is 12.1. The molecule has 3 saturated carbocycles. The monoisotopic (exact) mass is 513 g/mol.